The fourth-order valence-electron chi connectivity index (χ4n) is 3.14. The third-order valence-corrected chi connectivity index (χ3v) is 4.52. The molecular formula is C17H24F3N. The largest absolute Gasteiger partial charge is 0.301 e. The molecule has 0 bridgehead atoms. The first-order valence-corrected chi connectivity index (χ1v) is 7.85. The molecule has 1 fully saturated rings. The van der Waals surface area contributed by atoms with Crippen LogP contribution in [0.5, 0.6) is 0 Å². The maximum atomic E-state index is 13.5. The molecule has 1 aliphatic rings. The molecule has 1 aromatic rings. The molecule has 21 heavy (non-hydrogen) atoms. The Morgan fingerprint density at radius 2 is 1.67 bits per heavy atom. The molecule has 0 unspecified atom stereocenters. The van der Waals surface area contributed by atoms with Crippen LogP contribution in [0.4, 0.5) is 13.2 Å². The molecule has 0 aromatic heterocycles. The molecule has 2 rings (SSSR count). The van der Waals surface area contributed by atoms with E-state index in [1.54, 1.807) is 0 Å². The summed E-state index contributed by atoms with van der Waals surface area (Å²) < 4.78 is 39.9. The normalized spacial score (nSPS) is 17.6. The Labute approximate surface area is 125 Å². The van der Waals surface area contributed by atoms with Crippen LogP contribution < -0.4 is 0 Å². The smallest absolute Gasteiger partial charge is 0.132 e. The van der Waals surface area contributed by atoms with Gasteiger partial charge in [-0.25, -0.2) is 13.2 Å². The van der Waals surface area contributed by atoms with E-state index in [-0.39, 0.29) is 5.56 Å². The number of nitrogens with zero attached hydrogens (tertiary/aromatic N) is 1. The molecule has 1 aliphatic heterocycles. The van der Waals surface area contributed by atoms with Gasteiger partial charge in [0.05, 0.1) is 0 Å². The molecule has 0 N–H and O–H groups in total. The molecule has 4 heteroatoms. The minimum Gasteiger partial charge on any atom is -0.301 e. The summed E-state index contributed by atoms with van der Waals surface area (Å²) in [5.41, 5.74) is 0.0241. The lowest BCUT2D eigenvalue weighted by Gasteiger charge is -2.34. The maximum Gasteiger partial charge on any atom is 0.132 e. The molecule has 0 saturated carbocycles. The van der Waals surface area contributed by atoms with Crippen molar-refractivity contribution in [2.45, 2.75) is 52.0 Å². The van der Waals surface area contributed by atoms with E-state index in [1.807, 2.05) is 0 Å². The van der Waals surface area contributed by atoms with Gasteiger partial charge in [-0.1, -0.05) is 6.42 Å². The van der Waals surface area contributed by atoms with E-state index in [0.29, 0.717) is 18.4 Å². The van der Waals surface area contributed by atoms with Crippen LogP contribution in [0.25, 0.3) is 0 Å². The van der Waals surface area contributed by atoms with Crippen molar-refractivity contribution in [2.75, 3.05) is 13.1 Å². The SMILES string of the molecule is CC(C)N1CCC(CCCc2c(F)cc(F)cc2F)CC1. The summed E-state index contributed by atoms with van der Waals surface area (Å²) in [6.07, 6.45) is 4.41. The van der Waals surface area contributed by atoms with E-state index in [4.69, 9.17) is 0 Å². The van der Waals surface area contributed by atoms with Gasteiger partial charge in [0.2, 0.25) is 0 Å². The zero-order chi connectivity index (χ0) is 15.4. The van der Waals surface area contributed by atoms with E-state index in [1.165, 1.54) is 0 Å². The van der Waals surface area contributed by atoms with Crippen molar-refractivity contribution in [1.82, 2.24) is 4.90 Å². The molecule has 0 spiro atoms. The first-order chi connectivity index (χ1) is 9.97. The van der Waals surface area contributed by atoms with E-state index in [0.717, 1.165) is 50.9 Å². The Morgan fingerprint density at radius 1 is 1.10 bits per heavy atom. The highest BCUT2D eigenvalue weighted by molar-refractivity contribution is 5.20. The van der Waals surface area contributed by atoms with Crippen LogP contribution in [-0.4, -0.2) is 24.0 Å². The van der Waals surface area contributed by atoms with Crippen molar-refractivity contribution in [3.63, 3.8) is 0 Å². The second-order valence-electron chi connectivity index (χ2n) is 6.31. The predicted octanol–water partition coefficient (Wildman–Crippen LogP) is 4.55. The maximum absolute atomic E-state index is 13.5. The minimum absolute atomic E-state index is 0.0241. The molecule has 1 heterocycles. The molecule has 0 atom stereocenters. The molecule has 1 aromatic carbocycles. The Balaban J connectivity index is 1.78. The van der Waals surface area contributed by atoms with Gasteiger partial charge in [-0.2, -0.15) is 0 Å². The quantitative estimate of drug-likeness (QED) is 0.771. The van der Waals surface area contributed by atoms with Gasteiger partial charge in [-0.05, 0) is 58.5 Å². The lowest BCUT2D eigenvalue weighted by Crippen LogP contribution is -2.38. The van der Waals surface area contributed by atoms with Crippen LogP contribution in [0.1, 0.15) is 45.1 Å². The number of likely N-dealkylation sites (tertiary alicyclic amines) is 1. The molecular weight excluding hydrogens is 275 g/mol. The molecule has 1 saturated heterocycles. The fraction of sp³-hybridized carbons (Fsp3) is 0.647. The van der Waals surface area contributed by atoms with Gasteiger partial charge in [0.15, 0.2) is 0 Å². The molecule has 118 valence electrons. The molecule has 0 radical (unpaired) electrons. The average Bonchev–Trinajstić information content (AvgIpc) is 2.42. The number of rotatable bonds is 5. The average molecular weight is 299 g/mol. The summed E-state index contributed by atoms with van der Waals surface area (Å²) in [5, 5.41) is 0. The summed E-state index contributed by atoms with van der Waals surface area (Å²) in [6, 6.07) is 2.12. The van der Waals surface area contributed by atoms with Gasteiger partial charge in [0.25, 0.3) is 0 Å². The first kappa shape index (κ1) is 16.3. The second-order valence-corrected chi connectivity index (χ2v) is 6.31. The van der Waals surface area contributed by atoms with E-state index in [2.05, 4.69) is 18.7 Å². The van der Waals surface area contributed by atoms with Crippen LogP contribution >= 0.6 is 0 Å². The van der Waals surface area contributed by atoms with E-state index < -0.39 is 17.5 Å². The van der Waals surface area contributed by atoms with Crippen molar-refractivity contribution >= 4 is 0 Å². The zero-order valence-electron chi connectivity index (χ0n) is 12.8. The highest BCUT2D eigenvalue weighted by Gasteiger charge is 2.20. The minimum atomic E-state index is -0.852. The Kier molecular flexibility index (Phi) is 5.68. The van der Waals surface area contributed by atoms with Crippen molar-refractivity contribution in [3.05, 3.63) is 35.1 Å². The topological polar surface area (TPSA) is 3.24 Å². The van der Waals surface area contributed by atoms with Crippen LogP contribution in [0.3, 0.4) is 0 Å². The number of hydrogen-bond donors (Lipinski definition) is 0. The zero-order valence-corrected chi connectivity index (χ0v) is 12.8. The molecule has 0 amide bonds. The monoisotopic (exact) mass is 299 g/mol. The summed E-state index contributed by atoms with van der Waals surface area (Å²) in [7, 11) is 0. The Bertz CT molecular complexity index is 442. The number of hydrogen-bond acceptors (Lipinski definition) is 1. The van der Waals surface area contributed by atoms with Crippen molar-refractivity contribution in [3.8, 4) is 0 Å². The summed E-state index contributed by atoms with van der Waals surface area (Å²) >= 11 is 0. The van der Waals surface area contributed by atoms with E-state index >= 15 is 0 Å². The fourth-order valence-corrected chi connectivity index (χ4v) is 3.14. The van der Waals surface area contributed by atoms with Gasteiger partial charge in [0, 0.05) is 23.7 Å². The van der Waals surface area contributed by atoms with Crippen LogP contribution in [-0.2, 0) is 6.42 Å². The lowest BCUT2D eigenvalue weighted by molar-refractivity contribution is 0.144. The van der Waals surface area contributed by atoms with Gasteiger partial charge in [-0.3, -0.25) is 0 Å². The highest BCUT2D eigenvalue weighted by atomic mass is 19.1. The van der Waals surface area contributed by atoms with Gasteiger partial charge in [-0.15, -0.1) is 0 Å². The van der Waals surface area contributed by atoms with Gasteiger partial charge < -0.3 is 4.90 Å². The van der Waals surface area contributed by atoms with Crippen LogP contribution in [0, 0.1) is 23.4 Å². The van der Waals surface area contributed by atoms with E-state index in [9.17, 15) is 13.2 Å². The Hall–Kier alpha value is -1.03. The predicted molar refractivity (Wildman–Crippen MR) is 78.7 cm³/mol. The van der Waals surface area contributed by atoms with Crippen molar-refractivity contribution in [1.29, 1.82) is 0 Å². The number of benzene rings is 1. The number of piperidine rings is 1. The molecule has 1 nitrogen and oxygen atoms in total. The van der Waals surface area contributed by atoms with Crippen LogP contribution in [0.2, 0.25) is 0 Å². The summed E-state index contributed by atoms with van der Waals surface area (Å²) in [4.78, 5) is 2.47. The standard InChI is InChI=1S/C17H24F3N/c1-12(2)21-8-6-13(7-9-21)4-3-5-15-16(19)10-14(18)11-17(15)20/h10-13H,3-9H2,1-2H3. The first-order valence-electron chi connectivity index (χ1n) is 7.85. The third kappa shape index (κ3) is 4.47. The third-order valence-electron chi connectivity index (χ3n) is 4.52. The van der Waals surface area contributed by atoms with Crippen molar-refractivity contribution < 1.29 is 13.2 Å². The molecule has 0 aliphatic carbocycles. The van der Waals surface area contributed by atoms with Crippen molar-refractivity contribution in [2.24, 2.45) is 5.92 Å². The number of halogens is 3. The van der Waals surface area contributed by atoms with Crippen LogP contribution in [0.15, 0.2) is 12.1 Å². The Morgan fingerprint density at radius 3 is 2.19 bits per heavy atom. The lowest BCUT2D eigenvalue weighted by atomic mass is 9.90. The van der Waals surface area contributed by atoms with Gasteiger partial charge in [0.1, 0.15) is 17.5 Å². The summed E-state index contributed by atoms with van der Waals surface area (Å²) in [5.74, 6) is -1.73. The van der Waals surface area contributed by atoms with Gasteiger partial charge >= 0.3 is 0 Å². The highest BCUT2D eigenvalue weighted by Crippen LogP contribution is 2.25. The summed E-state index contributed by atoms with van der Waals surface area (Å²) in [6.45, 7) is 6.64. The second kappa shape index (κ2) is 7.30.